The lowest BCUT2D eigenvalue weighted by molar-refractivity contribution is -0.131. The van der Waals surface area contributed by atoms with Crippen LogP contribution in [0.25, 0.3) is 11.0 Å². The third kappa shape index (κ3) is 4.03. The second kappa shape index (κ2) is 8.65. The van der Waals surface area contributed by atoms with E-state index in [2.05, 4.69) is 21.9 Å². The summed E-state index contributed by atoms with van der Waals surface area (Å²) in [6.45, 7) is 5.18. The van der Waals surface area contributed by atoms with Gasteiger partial charge in [0, 0.05) is 19.3 Å². The fraction of sp³-hybridized carbons (Fsp3) is 0.450. The summed E-state index contributed by atoms with van der Waals surface area (Å²) in [5.74, 6) is 0.732. The van der Waals surface area contributed by atoms with Crippen molar-refractivity contribution >= 4 is 28.5 Å². The molecule has 0 spiro atoms. The molecule has 2 atom stereocenters. The molecule has 2 aromatic rings. The van der Waals surface area contributed by atoms with E-state index in [9.17, 15) is 9.59 Å². The van der Waals surface area contributed by atoms with Crippen molar-refractivity contribution < 1.29 is 9.59 Å². The van der Waals surface area contributed by atoms with Crippen LogP contribution in [0.1, 0.15) is 26.7 Å². The largest absolute Gasteiger partial charge is 0.346 e. The highest BCUT2D eigenvalue weighted by Gasteiger charge is 2.34. The Labute approximate surface area is 163 Å². The van der Waals surface area contributed by atoms with Gasteiger partial charge in [0.2, 0.25) is 5.91 Å². The van der Waals surface area contributed by atoms with Crippen LogP contribution in [0, 0.1) is 17.2 Å². The highest BCUT2D eigenvalue weighted by atomic mass is 16.2. The van der Waals surface area contributed by atoms with Crippen molar-refractivity contribution in [1.82, 2.24) is 19.9 Å². The van der Waals surface area contributed by atoms with Gasteiger partial charge >= 0.3 is 0 Å². The first-order valence-corrected chi connectivity index (χ1v) is 9.40. The number of nitriles is 1. The van der Waals surface area contributed by atoms with E-state index in [0.717, 1.165) is 11.8 Å². The Hall–Kier alpha value is -3.21. The highest BCUT2D eigenvalue weighted by molar-refractivity contribution is 5.95. The van der Waals surface area contributed by atoms with Crippen LogP contribution in [0.5, 0.6) is 0 Å². The van der Waals surface area contributed by atoms with Gasteiger partial charge in [-0.1, -0.05) is 13.0 Å². The summed E-state index contributed by atoms with van der Waals surface area (Å²) in [5, 5.41) is 9.70. The zero-order valence-electron chi connectivity index (χ0n) is 16.1. The molecule has 8 heteroatoms. The third-order valence-electron chi connectivity index (χ3n) is 5.19. The first-order valence-electron chi connectivity index (χ1n) is 9.40. The molecule has 1 fully saturated rings. The number of piperidine rings is 1. The van der Waals surface area contributed by atoms with Gasteiger partial charge in [-0.3, -0.25) is 9.59 Å². The highest BCUT2D eigenvalue weighted by Crippen LogP contribution is 2.30. The molecule has 3 rings (SSSR count). The minimum Gasteiger partial charge on any atom is -0.346 e. The summed E-state index contributed by atoms with van der Waals surface area (Å²) < 4.78 is 0. The average Bonchev–Trinajstić information content (AvgIpc) is 3.16. The number of carbonyl (C=O) groups is 2. The molecule has 0 unspecified atom stereocenters. The molecule has 0 bridgehead atoms. The zero-order valence-corrected chi connectivity index (χ0v) is 16.1. The predicted molar refractivity (Wildman–Crippen MR) is 105 cm³/mol. The van der Waals surface area contributed by atoms with Gasteiger partial charge in [-0.25, -0.2) is 9.97 Å². The number of anilines is 1. The lowest BCUT2D eigenvalue weighted by Gasteiger charge is -2.43. The van der Waals surface area contributed by atoms with Crippen LogP contribution in [0.2, 0.25) is 0 Å². The second-order valence-electron chi connectivity index (χ2n) is 7.04. The number of allylic oxidation sites excluding steroid dienone is 1. The summed E-state index contributed by atoms with van der Waals surface area (Å²) in [5.41, 5.74) is 0.703. The van der Waals surface area contributed by atoms with E-state index in [1.165, 1.54) is 6.33 Å². The first-order chi connectivity index (χ1) is 13.5. The number of amides is 1. The summed E-state index contributed by atoms with van der Waals surface area (Å²) in [4.78, 5) is 40.2. The molecule has 0 aromatic carbocycles. The van der Waals surface area contributed by atoms with Crippen molar-refractivity contribution in [1.29, 1.82) is 5.26 Å². The number of aromatic nitrogens is 3. The Morgan fingerprint density at radius 3 is 3.04 bits per heavy atom. The molecule has 1 aliphatic rings. The van der Waals surface area contributed by atoms with Crippen LogP contribution in [0.15, 0.2) is 30.7 Å². The van der Waals surface area contributed by atoms with E-state index in [1.807, 2.05) is 24.0 Å². The van der Waals surface area contributed by atoms with Crippen molar-refractivity contribution in [2.75, 3.05) is 24.5 Å². The third-order valence-corrected chi connectivity index (χ3v) is 5.19. The minimum absolute atomic E-state index is 0.0301. The van der Waals surface area contributed by atoms with Crippen molar-refractivity contribution in [3.05, 3.63) is 30.7 Å². The molecule has 2 aromatic heterocycles. The quantitative estimate of drug-likeness (QED) is 0.769. The van der Waals surface area contributed by atoms with Gasteiger partial charge < -0.3 is 14.8 Å². The van der Waals surface area contributed by atoms with Crippen LogP contribution in [0.4, 0.5) is 5.82 Å². The molecule has 0 radical (unpaired) electrons. The molecule has 1 aliphatic heterocycles. The standard InChI is InChI=1S/C20H24N6O2/c1-3-4-15(27)11-26(20-16-6-9-22-19(16)23-13-24-20)17-12-25(10-7-14(17)2)18(28)5-8-21/h3-4,6,9,13-14,17H,5,7,10-12H2,1-2H3,(H,22,23,24)/b4-3+/t14-,17+/m1/s1. The van der Waals surface area contributed by atoms with Gasteiger partial charge in [0.15, 0.2) is 5.78 Å². The van der Waals surface area contributed by atoms with Gasteiger partial charge in [0.1, 0.15) is 24.2 Å². The van der Waals surface area contributed by atoms with Crippen LogP contribution in [-0.2, 0) is 9.59 Å². The normalized spacial score (nSPS) is 19.7. The Bertz CT molecular complexity index is 928. The van der Waals surface area contributed by atoms with Crippen LogP contribution in [-0.4, -0.2) is 57.2 Å². The molecule has 146 valence electrons. The smallest absolute Gasteiger partial charge is 0.236 e. The van der Waals surface area contributed by atoms with E-state index in [-0.39, 0.29) is 36.6 Å². The van der Waals surface area contributed by atoms with Gasteiger partial charge in [-0.2, -0.15) is 5.26 Å². The number of likely N-dealkylation sites (tertiary alicyclic amines) is 1. The molecular weight excluding hydrogens is 356 g/mol. The number of H-pyrrole nitrogens is 1. The van der Waals surface area contributed by atoms with E-state index < -0.39 is 0 Å². The summed E-state index contributed by atoms with van der Waals surface area (Å²) in [7, 11) is 0. The molecule has 0 aliphatic carbocycles. The van der Waals surface area contributed by atoms with E-state index in [4.69, 9.17) is 5.26 Å². The Kier molecular flexibility index (Phi) is 6.04. The molecule has 1 saturated heterocycles. The second-order valence-corrected chi connectivity index (χ2v) is 7.04. The summed E-state index contributed by atoms with van der Waals surface area (Å²) in [6, 6.07) is 3.74. The number of nitrogens with zero attached hydrogens (tertiary/aromatic N) is 5. The molecule has 1 amide bonds. The van der Waals surface area contributed by atoms with Crippen LogP contribution in [0.3, 0.4) is 0 Å². The number of nitrogens with one attached hydrogen (secondary N) is 1. The van der Waals surface area contributed by atoms with Crippen molar-refractivity contribution in [2.45, 2.75) is 32.7 Å². The number of fused-ring (bicyclic) bond motifs is 1. The van der Waals surface area contributed by atoms with Gasteiger partial charge in [-0.15, -0.1) is 0 Å². The molecule has 8 nitrogen and oxygen atoms in total. The maximum atomic E-state index is 12.5. The van der Waals surface area contributed by atoms with Gasteiger partial charge in [-0.05, 0) is 31.4 Å². The van der Waals surface area contributed by atoms with Crippen molar-refractivity contribution in [3.63, 3.8) is 0 Å². The number of rotatable bonds is 6. The molecular formula is C20H24N6O2. The van der Waals surface area contributed by atoms with E-state index >= 15 is 0 Å². The van der Waals surface area contributed by atoms with Crippen LogP contribution < -0.4 is 4.90 Å². The van der Waals surface area contributed by atoms with E-state index in [0.29, 0.717) is 24.6 Å². The summed E-state index contributed by atoms with van der Waals surface area (Å²) in [6.07, 6.45) is 7.22. The predicted octanol–water partition coefficient (Wildman–Crippen LogP) is 2.06. The zero-order chi connectivity index (χ0) is 20.1. The molecule has 3 heterocycles. The molecule has 1 N–H and O–H groups in total. The lowest BCUT2D eigenvalue weighted by atomic mass is 9.91. The number of hydrogen-bond acceptors (Lipinski definition) is 6. The Morgan fingerprint density at radius 1 is 1.46 bits per heavy atom. The fourth-order valence-corrected chi connectivity index (χ4v) is 3.70. The Balaban J connectivity index is 1.98. The van der Waals surface area contributed by atoms with E-state index in [1.54, 1.807) is 23.2 Å². The molecule has 0 saturated carbocycles. The Morgan fingerprint density at radius 2 is 2.29 bits per heavy atom. The van der Waals surface area contributed by atoms with Crippen molar-refractivity contribution in [2.24, 2.45) is 5.92 Å². The number of hydrogen-bond donors (Lipinski definition) is 1. The van der Waals surface area contributed by atoms with Crippen LogP contribution >= 0.6 is 0 Å². The SMILES string of the molecule is C/C=C/C(=O)CN(c1ncnc2[nH]ccc12)[C@H]1CN(C(=O)CC#N)CC[C@H]1C. The van der Waals surface area contributed by atoms with Gasteiger partial charge in [0.25, 0.3) is 0 Å². The summed E-state index contributed by atoms with van der Waals surface area (Å²) >= 11 is 0. The van der Waals surface area contributed by atoms with Crippen molar-refractivity contribution in [3.8, 4) is 6.07 Å². The monoisotopic (exact) mass is 380 g/mol. The fourth-order valence-electron chi connectivity index (χ4n) is 3.70. The minimum atomic E-state index is -0.173. The number of ketones is 1. The van der Waals surface area contributed by atoms with Gasteiger partial charge in [0.05, 0.1) is 24.0 Å². The lowest BCUT2D eigenvalue weighted by Crippen LogP contribution is -2.55. The molecule has 28 heavy (non-hydrogen) atoms. The number of carbonyl (C=O) groups excluding carboxylic acids is 2. The topological polar surface area (TPSA) is 106 Å². The maximum absolute atomic E-state index is 12.5. The first kappa shape index (κ1) is 19.5. The average molecular weight is 380 g/mol. The maximum Gasteiger partial charge on any atom is 0.236 e. The number of aromatic amines is 1.